The zero-order chi connectivity index (χ0) is 24.3. The second-order valence-electron chi connectivity index (χ2n) is 9.99. The number of methoxy groups -OCH3 is 1. The molecule has 0 radical (unpaired) electrons. The quantitative estimate of drug-likeness (QED) is 0.230. The number of pyridine rings is 1. The summed E-state index contributed by atoms with van der Waals surface area (Å²) in [6, 6.07) is 0. The summed E-state index contributed by atoms with van der Waals surface area (Å²) < 4.78 is 25.3. The summed E-state index contributed by atoms with van der Waals surface area (Å²) in [7, 11) is -0.415. The number of ether oxygens (including phenoxy) is 3. The average molecular weight is 529 g/mol. The van der Waals surface area contributed by atoms with E-state index in [0.717, 1.165) is 22.9 Å². The van der Waals surface area contributed by atoms with Crippen molar-refractivity contribution in [3.05, 3.63) is 34.6 Å². The summed E-state index contributed by atoms with van der Waals surface area (Å²) >= 11 is 3.51. The van der Waals surface area contributed by atoms with Gasteiger partial charge in [-0.05, 0) is 53.8 Å². The number of aromatic nitrogens is 1. The molecule has 0 aromatic carbocycles. The molecule has 1 aliphatic heterocycles. The van der Waals surface area contributed by atoms with Gasteiger partial charge in [0.05, 0.1) is 25.2 Å². The van der Waals surface area contributed by atoms with Crippen LogP contribution in [-0.2, 0) is 18.7 Å². The largest absolute Gasteiger partial charge is 0.494 e. The topological polar surface area (TPSA) is 66.9 Å². The van der Waals surface area contributed by atoms with Gasteiger partial charge in [0.2, 0.25) is 0 Å². The summed E-state index contributed by atoms with van der Waals surface area (Å²) in [5, 5.41) is 0.0708. The molecule has 1 fully saturated rings. The molecule has 8 heteroatoms. The molecule has 1 saturated heterocycles. The van der Waals surface area contributed by atoms with Gasteiger partial charge in [-0.2, -0.15) is 0 Å². The van der Waals surface area contributed by atoms with Crippen molar-refractivity contribution in [3.63, 3.8) is 0 Å². The number of hydrogen-bond acceptors (Lipinski definition) is 6. The van der Waals surface area contributed by atoms with Gasteiger partial charge in [-0.25, -0.2) is 0 Å². The molecule has 1 aromatic heterocycles. The summed E-state index contributed by atoms with van der Waals surface area (Å²) in [6.07, 6.45) is 4.08. The molecule has 0 spiro atoms. The van der Waals surface area contributed by atoms with Crippen LogP contribution < -0.4 is 4.74 Å². The van der Waals surface area contributed by atoms with Gasteiger partial charge in [-0.3, -0.25) is 9.78 Å². The van der Waals surface area contributed by atoms with Gasteiger partial charge < -0.3 is 18.6 Å². The van der Waals surface area contributed by atoms with Crippen LogP contribution in [0.15, 0.2) is 23.3 Å². The Morgan fingerprint density at radius 1 is 1.47 bits per heavy atom. The minimum Gasteiger partial charge on any atom is -0.494 e. The van der Waals surface area contributed by atoms with E-state index in [2.05, 4.69) is 61.4 Å². The van der Waals surface area contributed by atoms with Crippen molar-refractivity contribution in [2.45, 2.75) is 77.8 Å². The van der Waals surface area contributed by atoms with E-state index in [-0.39, 0.29) is 11.1 Å². The first-order chi connectivity index (χ1) is 14.8. The minimum atomic E-state index is -2.01. The first kappa shape index (κ1) is 27.0. The highest BCUT2D eigenvalue weighted by Crippen LogP contribution is 2.51. The third-order valence-corrected chi connectivity index (χ3v) is 12.2. The van der Waals surface area contributed by atoms with Crippen molar-refractivity contribution in [2.75, 3.05) is 20.3 Å². The van der Waals surface area contributed by atoms with E-state index in [9.17, 15) is 4.79 Å². The fraction of sp³-hybridized carbons (Fsp3) is 0.667. The predicted molar refractivity (Wildman–Crippen MR) is 132 cm³/mol. The Morgan fingerprint density at radius 2 is 2.12 bits per heavy atom. The molecule has 0 bridgehead atoms. The number of esters is 1. The highest BCUT2D eigenvalue weighted by molar-refractivity contribution is 9.10. The Balaban J connectivity index is 2.56. The number of hydrogen-bond donors (Lipinski definition) is 0. The Kier molecular flexibility index (Phi) is 8.75. The molecule has 6 nitrogen and oxygen atoms in total. The van der Waals surface area contributed by atoms with Crippen LogP contribution in [-0.4, -0.2) is 45.7 Å². The van der Waals surface area contributed by atoms with Crippen molar-refractivity contribution >= 4 is 30.2 Å². The molecule has 3 atom stereocenters. The van der Waals surface area contributed by atoms with Gasteiger partial charge in [0, 0.05) is 29.8 Å². The molecular formula is C24H38BrNO5Si. The zero-order valence-electron chi connectivity index (χ0n) is 20.7. The second kappa shape index (κ2) is 10.4. The van der Waals surface area contributed by atoms with Gasteiger partial charge in [0.1, 0.15) is 11.4 Å². The van der Waals surface area contributed by atoms with Gasteiger partial charge in [0.25, 0.3) is 0 Å². The van der Waals surface area contributed by atoms with Gasteiger partial charge in [-0.15, -0.1) is 6.58 Å². The molecule has 1 aromatic rings. The van der Waals surface area contributed by atoms with Gasteiger partial charge in [0.15, 0.2) is 14.4 Å². The van der Waals surface area contributed by atoms with E-state index in [1.165, 1.54) is 6.92 Å². The molecular weight excluding hydrogens is 490 g/mol. The second-order valence-corrected chi connectivity index (χ2v) is 15.7. The molecule has 0 amide bonds. The van der Waals surface area contributed by atoms with Crippen LogP contribution in [0.1, 0.15) is 57.9 Å². The van der Waals surface area contributed by atoms with Crippen molar-refractivity contribution in [1.29, 1.82) is 0 Å². The van der Waals surface area contributed by atoms with Crippen LogP contribution in [0.5, 0.6) is 5.75 Å². The maximum Gasteiger partial charge on any atom is 0.303 e. The molecule has 180 valence electrons. The zero-order valence-corrected chi connectivity index (χ0v) is 23.3. The fourth-order valence-electron chi connectivity index (χ4n) is 3.88. The molecule has 1 aliphatic rings. The lowest BCUT2D eigenvalue weighted by Crippen LogP contribution is -2.51. The minimum absolute atomic E-state index is 0.0708. The first-order valence-corrected chi connectivity index (χ1v) is 14.8. The lowest BCUT2D eigenvalue weighted by molar-refractivity contribution is -0.172. The highest BCUT2D eigenvalue weighted by Gasteiger charge is 2.51. The number of carbonyl (C=O) groups is 1. The van der Waals surface area contributed by atoms with E-state index >= 15 is 0 Å². The highest BCUT2D eigenvalue weighted by atomic mass is 79.9. The Morgan fingerprint density at radius 3 is 2.66 bits per heavy atom. The van der Waals surface area contributed by atoms with Crippen LogP contribution in [0.2, 0.25) is 18.1 Å². The standard InChI is InChI=1S/C24H38BrNO5Si/c1-10-24(12-11-13-29-19(24)15-30-32(8,9)23(4,5)6)22(31-17(3)27)20-21(28-7)16(2)18(25)14-26-20/h10,14,19,22H,1,11-13,15H2,2-9H3/t19-,22?,24?/m1/s1. The van der Waals surface area contributed by atoms with E-state index in [1.54, 1.807) is 13.3 Å². The SMILES string of the molecule is C=CC1(C(OC(C)=O)c2ncc(Br)c(C)c2OC)CCCO[C@@H]1CO[Si](C)(C)C(C)(C)C. The third kappa shape index (κ3) is 5.46. The predicted octanol–water partition coefficient (Wildman–Crippen LogP) is 6.14. The van der Waals surface area contributed by atoms with Crippen LogP contribution in [0, 0.1) is 12.3 Å². The maximum atomic E-state index is 12.2. The van der Waals surface area contributed by atoms with Crippen molar-refractivity contribution in [1.82, 2.24) is 4.98 Å². The lowest BCUT2D eigenvalue weighted by Gasteiger charge is -2.47. The smallest absolute Gasteiger partial charge is 0.303 e. The molecule has 32 heavy (non-hydrogen) atoms. The molecule has 2 rings (SSSR count). The number of nitrogens with zero attached hydrogens (tertiary/aromatic N) is 1. The summed E-state index contributed by atoms with van der Waals surface area (Å²) in [4.78, 5) is 16.9. The van der Waals surface area contributed by atoms with Crippen molar-refractivity contribution in [3.8, 4) is 5.75 Å². The summed E-state index contributed by atoms with van der Waals surface area (Å²) in [5.41, 5.74) is 0.748. The Hall–Kier alpha value is -1.22. The van der Waals surface area contributed by atoms with Crippen LogP contribution >= 0.6 is 15.9 Å². The van der Waals surface area contributed by atoms with Crippen LogP contribution in [0.25, 0.3) is 0 Å². The van der Waals surface area contributed by atoms with E-state index in [0.29, 0.717) is 24.7 Å². The molecule has 0 N–H and O–H groups in total. The number of carbonyl (C=O) groups excluding carboxylic acids is 1. The van der Waals surface area contributed by atoms with Crippen molar-refractivity contribution < 1.29 is 23.4 Å². The van der Waals surface area contributed by atoms with Crippen molar-refractivity contribution in [2.24, 2.45) is 5.41 Å². The van der Waals surface area contributed by atoms with Gasteiger partial charge in [-0.1, -0.05) is 26.8 Å². The molecule has 0 saturated carbocycles. The molecule has 0 aliphatic carbocycles. The number of halogens is 1. The van der Waals surface area contributed by atoms with E-state index in [1.807, 2.05) is 13.0 Å². The first-order valence-electron chi connectivity index (χ1n) is 11.1. The monoisotopic (exact) mass is 527 g/mol. The van der Waals surface area contributed by atoms with Gasteiger partial charge >= 0.3 is 5.97 Å². The summed E-state index contributed by atoms with van der Waals surface area (Å²) in [6.45, 7) is 19.6. The lowest BCUT2D eigenvalue weighted by atomic mass is 9.70. The average Bonchev–Trinajstić information content (AvgIpc) is 2.71. The normalized spacial score (nSPS) is 22.8. The third-order valence-electron chi connectivity index (χ3n) is 6.93. The number of rotatable bonds is 8. The van der Waals surface area contributed by atoms with E-state index < -0.39 is 25.8 Å². The molecule has 2 heterocycles. The molecule has 2 unspecified atom stereocenters. The van der Waals surface area contributed by atoms with E-state index in [4.69, 9.17) is 18.6 Å². The Bertz CT molecular complexity index is 838. The summed E-state index contributed by atoms with van der Waals surface area (Å²) in [5.74, 6) is 0.191. The van der Waals surface area contributed by atoms with Crippen LogP contribution in [0.4, 0.5) is 0 Å². The maximum absolute atomic E-state index is 12.2. The fourth-order valence-corrected chi connectivity index (χ4v) is 5.16. The van der Waals surface area contributed by atoms with Crippen LogP contribution in [0.3, 0.4) is 0 Å². The Labute approximate surface area is 202 Å².